The standard InChI is InChI=1S/C23H19Br2N3O.H2O/c1-14-26-20-4-2-3-5-23(20)27(14)12-17(29)13-28-21-8-6-15(24)10-18(21)19-11-16(25)7-9-22(19)28;/h2-11,17,29H,12-13H2,1H3;1H2. The maximum Gasteiger partial charge on any atom is 0.106 e. The van der Waals surface area contributed by atoms with Crippen LogP contribution in [0.2, 0.25) is 0 Å². The normalized spacial score (nSPS) is 12.5. The number of benzene rings is 3. The maximum absolute atomic E-state index is 11.0. The Bertz CT molecular complexity index is 1310. The van der Waals surface area contributed by atoms with Crippen molar-refractivity contribution in [1.82, 2.24) is 14.1 Å². The first-order valence-electron chi connectivity index (χ1n) is 9.48. The van der Waals surface area contributed by atoms with Crippen molar-refractivity contribution in [2.75, 3.05) is 0 Å². The highest BCUT2D eigenvalue weighted by molar-refractivity contribution is 9.10. The van der Waals surface area contributed by atoms with E-state index in [1.807, 2.05) is 37.3 Å². The van der Waals surface area contributed by atoms with Gasteiger partial charge in [-0.2, -0.15) is 0 Å². The average Bonchev–Trinajstić information content (AvgIpc) is 3.16. The van der Waals surface area contributed by atoms with Crippen LogP contribution in [0.1, 0.15) is 5.82 Å². The van der Waals surface area contributed by atoms with Gasteiger partial charge in [-0.15, -0.1) is 0 Å². The van der Waals surface area contributed by atoms with Gasteiger partial charge in [-0.3, -0.25) is 0 Å². The second-order valence-corrected chi connectivity index (χ2v) is 9.18. The minimum atomic E-state index is -0.544. The molecule has 1 unspecified atom stereocenters. The average molecular weight is 531 g/mol. The number of aryl methyl sites for hydroxylation is 1. The van der Waals surface area contributed by atoms with Gasteiger partial charge in [0.1, 0.15) is 5.82 Å². The van der Waals surface area contributed by atoms with Crippen LogP contribution in [0, 0.1) is 6.92 Å². The summed E-state index contributed by atoms with van der Waals surface area (Å²) in [5.74, 6) is 0.917. The van der Waals surface area contributed by atoms with Gasteiger partial charge < -0.3 is 19.7 Å². The number of para-hydroxylation sites is 2. The first kappa shape index (κ1) is 21.1. The summed E-state index contributed by atoms with van der Waals surface area (Å²) in [6, 6.07) is 20.7. The summed E-state index contributed by atoms with van der Waals surface area (Å²) >= 11 is 7.17. The lowest BCUT2D eigenvalue weighted by atomic mass is 10.2. The van der Waals surface area contributed by atoms with Crippen molar-refractivity contribution in [3.05, 3.63) is 75.4 Å². The molecule has 1 atom stereocenters. The van der Waals surface area contributed by atoms with Gasteiger partial charge in [-0.1, -0.05) is 44.0 Å². The highest BCUT2D eigenvalue weighted by Gasteiger charge is 2.17. The molecule has 0 aliphatic rings. The molecule has 5 nitrogen and oxygen atoms in total. The molecule has 0 aliphatic carbocycles. The molecule has 0 amide bonds. The Morgan fingerprint density at radius 3 is 2.03 bits per heavy atom. The number of imidazole rings is 1. The van der Waals surface area contributed by atoms with E-state index in [0.29, 0.717) is 13.1 Å². The summed E-state index contributed by atoms with van der Waals surface area (Å²) in [6.07, 6.45) is -0.544. The lowest BCUT2D eigenvalue weighted by Crippen LogP contribution is -2.22. The zero-order valence-electron chi connectivity index (χ0n) is 16.3. The minimum absolute atomic E-state index is 0. The SMILES string of the molecule is Cc1nc2ccccc2n1CC(O)Cn1c2ccc(Br)cc2c2cc(Br)ccc21.O. The van der Waals surface area contributed by atoms with Crippen LogP contribution in [-0.2, 0) is 13.1 Å². The number of nitrogens with zero attached hydrogens (tertiary/aromatic N) is 3. The van der Waals surface area contributed by atoms with Crippen molar-refractivity contribution < 1.29 is 10.6 Å². The smallest absolute Gasteiger partial charge is 0.106 e. The predicted octanol–water partition coefficient (Wildman–Crippen LogP) is 5.21. The molecule has 30 heavy (non-hydrogen) atoms. The van der Waals surface area contributed by atoms with Crippen molar-refractivity contribution in [3.63, 3.8) is 0 Å². The van der Waals surface area contributed by atoms with Gasteiger partial charge >= 0.3 is 0 Å². The molecule has 5 rings (SSSR count). The van der Waals surface area contributed by atoms with Crippen molar-refractivity contribution in [2.45, 2.75) is 26.1 Å². The number of hydrogen-bond donors (Lipinski definition) is 1. The van der Waals surface area contributed by atoms with Gasteiger partial charge in [0.2, 0.25) is 0 Å². The summed E-state index contributed by atoms with van der Waals surface area (Å²) in [6.45, 7) is 3.00. The van der Waals surface area contributed by atoms with E-state index in [2.05, 4.69) is 76.3 Å². The number of aromatic nitrogens is 3. The molecule has 154 valence electrons. The molecule has 0 bridgehead atoms. The minimum Gasteiger partial charge on any atom is -0.412 e. The second-order valence-electron chi connectivity index (χ2n) is 7.35. The fraction of sp³-hybridized carbons (Fsp3) is 0.174. The van der Waals surface area contributed by atoms with Crippen LogP contribution in [0.15, 0.2) is 69.6 Å². The predicted molar refractivity (Wildman–Crippen MR) is 129 cm³/mol. The lowest BCUT2D eigenvalue weighted by molar-refractivity contribution is 0.137. The van der Waals surface area contributed by atoms with E-state index in [1.165, 1.54) is 10.8 Å². The Morgan fingerprint density at radius 2 is 1.40 bits per heavy atom. The van der Waals surface area contributed by atoms with Crippen molar-refractivity contribution >= 4 is 64.7 Å². The number of rotatable bonds is 4. The zero-order valence-corrected chi connectivity index (χ0v) is 19.5. The summed E-state index contributed by atoms with van der Waals surface area (Å²) in [5.41, 5.74) is 4.25. The molecule has 0 fully saturated rings. The number of hydrogen-bond acceptors (Lipinski definition) is 2. The Hall–Kier alpha value is -2.19. The molecule has 0 saturated heterocycles. The second kappa shape index (κ2) is 8.15. The Morgan fingerprint density at radius 1 is 0.833 bits per heavy atom. The van der Waals surface area contributed by atoms with E-state index < -0.39 is 6.10 Å². The largest absolute Gasteiger partial charge is 0.412 e. The van der Waals surface area contributed by atoms with Crippen LogP contribution in [0.25, 0.3) is 32.8 Å². The molecule has 0 aliphatic heterocycles. The molecule has 5 aromatic rings. The molecule has 0 saturated carbocycles. The third-order valence-corrected chi connectivity index (χ3v) is 6.41. The number of aliphatic hydroxyl groups excluding tert-OH is 1. The van der Waals surface area contributed by atoms with E-state index in [1.54, 1.807) is 0 Å². The molecule has 2 heterocycles. The quantitative estimate of drug-likeness (QED) is 0.346. The molecule has 0 spiro atoms. The van der Waals surface area contributed by atoms with Crippen LogP contribution in [-0.4, -0.2) is 30.8 Å². The Kier molecular flexibility index (Phi) is 5.72. The van der Waals surface area contributed by atoms with Gasteiger partial charge in [-0.05, 0) is 55.5 Å². The Balaban J connectivity index is 0.00000218. The van der Waals surface area contributed by atoms with E-state index in [-0.39, 0.29) is 5.48 Å². The number of halogens is 2. The van der Waals surface area contributed by atoms with Gasteiger partial charge in [0.25, 0.3) is 0 Å². The zero-order chi connectivity index (χ0) is 20.1. The molecular weight excluding hydrogens is 510 g/mol. The van der Waals surface area contributed by atoms with E-state index >= 15 is 0 Å². The van der Waals surface area contributed by atoms with E-state index in [4.69, 9.17) is 0 Å². The fourth-order valence-corrected chi connectivity index (χ4v) is 4.87. The van der Waals surface area contributed by atoms with Crippen molar-refractivity contribution in [2.24, 2.45) is 0 Å². The van der Waals surface area contributed by atoms with Crippen LogP contribution in [0.4, 0.5) is 0 Å². The number of aliphatic hydroxyl groups is 1. The summed E-state index contributed by atoms with van der Waals surface area (Å²) in [4.78, 5) is 4.62. The summed E-state index contributed by atoms with van der Waals surface area (Å²) in [7, 11) is 0. The van der Waals surface area contributed by atoms with E-state index in [9.17, 15) is 5.11 Å². The molecular formula is C23H21Br2N3O2. The maximum atomic E-state index is 11.0. The highest BCUT2D eigenvalue weighted by atomic mass is 79.9. The fourth-order valence-electron chi connectivity index (χ4n) is 4.15. The number of fused-ring (bicyclic) bond motifs is 4. The first-order chi connectivity index (χ1) is 14.0. The van der Waals surface area contributed by atoms with Crippen LogP contribution >= 0.6 is 31.9 Å². The first-order valence-corrected chi connectivity index (χ1v) is 11.1. The third-order valence-electron chi connectivity index (χ3n) is 5.42. The lowest BCUT2D eigenvalue weighted by Gasteiger charge is -2.16. The van der Waals surface area contributed by atoms with Crippen molar-refractivity contribution in [3.8, 4) is 0 Å². The van der Waals surface area contributed by atoms with Gasteiger partial charge in [0.15, 0.2) is 0 Å². The third kappa shape index (κ3) is 3.56. The van der Waals surface area contributed by atoms with Crippen LogP contribution in [0.5, 0.6) is 0 Å². The van der Waals surface area contributed by atoms with Crippen LogP contribution < -0.4 is 0 Å². The monoisotopic (exact) mass is 529 g/mol. The van der Waals surface area contributed by atoms with E-state index in [0.717, 1.165) is 36.8 Å². The topological polar surface area (TPSA) is 74.5 Å². The molecule has 3 aromatic carbocycles. The summed E-state index contributed by atoms with van der Waals surface area (Å²) in [5, 5.41) is 13.4. The van der Waals surface area contributed by atoms with Crippen LogP contribution in [0.3, 0.4) is 0 Å². The molecule has 0 radical (unpaired) electrons. The molecule has 7 heteroatoms. The van der Waals surface area contributed by atoms with Gasteiger partial charge in [0.05, 0.1) is 30.2 Å². The highest BCUT2D eigenvalue weighted by Crippen LogP contribution is 2.33. The molecule has 2 aromatic heterocycles. The Labute approximate surface area is 190 Å². The van der Waals surface area contributed by atoms with Crippen molar-refractivity contribution in [1.29, 1.82) is 0 Å². The summed E-state index contributed by atoms with van der Waals surface area (Å²) < 4.78 is 6.40. The van der Waals surface area contributed by atoms with Gasteiger partial charge in [0, 0.05) is 30.8 Å². The molecule has 3 N–H and O–H groups in total. The van der Waals surface area contributed by atoms with Gasteiger partial charge in [-0.25, -0.2) is 4.98 Å².